The van der Waals surface area contributed by atoms with Crippen LogP contribution in [-0.2, 0) is 13.6 Å². The lowest BCUT2D eigenvalue weighted by Gasteiger charge is -2.10. The fraction of sp³-hybridized carbons (Fsp3) is 0.267. The van der Waals surface area contributed by atoms with Gasteiger partial charge in [0.1, 0.15) is 11.6 Å². The van der Waals surface area contributed by atoms with Gasteiger partial charge < -0.3 is 14.3 Å². The van der Waals surface area contributed by atoms with Crippen molar-refractivity contribution in [2.75, 3.05) is 0 Å². The SMILES string of the molecule is C[C@@H](NCc1nc2ccccc2n1C)c1ccco1. The zero-order valence-electron chi connectivity index (χ0n) is 11.1. The molecular weight excluding hydrogens is 238 g/mol. The number of hydrogen-bond donors (Lipinski definition) is 1. The summed E-state index contributed by atoms with van der Waals surface area (Å²) < 4.78 is 7.51. The van der Waals surface area contributed by atoms with Crippen molar-refractivity contribution in [3.05, 3.63) is 54.2 Å². The van der Waals surface area contributed by atoms with Crippen molar-refractivity contribution in [2.24, 2.45) is 7.05 Å². The lowest BCUT2D eigenvalue weighted by molar-refractivity contribution is 0.425. The molecule has 19 heavy (non-hydrogen) atoms. The summed E-state index contributed by atoms with van der Waals surface area (Å²) in [6.45, 7) is 2.80. The number of nitrogens with zero attached hydrogens (tertiary/aromatic N) is 2. The first-order chi connectivity index (χ1) is 9.25. The Morgan fingerprint density at radius 1 is 1.26 bits per heavy atom. The zero-order valence-corrected chi connectivity index (χ0v) is 11.1. The van der Waals surface area contributed by atoms with E-state index in [9.17, 15) is 0 Å². The minimum Gasteiger partial charge on any atom is -0.468 e. The van der Waals surface area contributed by atoms with Crippen LogP contribution in [0, 0.1) is 0 Å². The molecule has 0 unspecified atom stereocenters. The maximum absolute atomic E-state index is 5.38. The topological polar surface area (TPSA) is 43.0 Å². The molecule has 0 saturated heterocycles. The molecule has 1 atom stereocenters. The van der Waals surface area contributed by atoms with Gasteiger partial charge in [-0.2, -0.15) is 0 Å². The predicted octanol–water partition coefficient (Wildman–Crippen LogP) is 3.02. The number of hydrogen-bond acceptors (Lipinski definition) is 3. The molecular formula is C15H17N3O. The van der Waals surface area contributed by atoms with Crippen LogP contribution in [0.5, 0.6) is 0 Å². The second-order valence-corrected chi connectivity index (χ2v) is 4.69. The summed E-state index contributed by atoms with van der Waals surface area (Å²) in [6, 6.07) is 12.2. The normalized spacial score (nSPS) is 12.9. The molecule has 4 heteroatoms. The Morgan fingerprint density at radius 2 is 2.11 bits per heavy atom. The zero-order chi connectivity index (χ0) is 13.2. The molecule has 0 fully saturated rings. The monoisotopic (exact) mass is 255 g/mol. The Hall–Kier alpha value is -2.07. The van der Waals surface area contributed by atoms with Crippen molar-refractivity contribution in [3.63, 3.8) is 0 Å². The molecule has 4 nitrogen and oxygen atoms in total. The quantitative estimate of drug-likeness (QED) is 0.779. The molecule has 0 aliphatic heterocycles. The molecule has 2 aromatic heterocycles. The van der Waals surface area contributed by atoms with Gasteiger partial charge in [-0.3, -0.25) is 0 Å². The maximum Gasteiger partial charge on any atom is 0.123 e. The number of fused-ring (bicyclic) bond motifs is 1. The number of nitrogens with one attached hydrogen (secondary N) is 1. The van der Waals surface area contributed by atoms with E-state index in [1.54, 1.807) is 6.26 Å². The number of para-hydroxylation sites is 2. The van der Waals surface area contributed by atoms with Crippen molar-refractivity contribution >= 4 is 11.0 Å². The van der Waals surface area contributed by atoms with Crippen LogP contribution in [0.3, 0.4) is 0 Å². The van der Waals surface area contributed by atoms with E-state index in [4.69, 9.17) is 4.42 Å². The van der Waals surface area contributed by atoms with Gasteiger partial charge in [0.05, 0.1) is 29.9 Å². The van der Waals surface area contributed by atoms with Crippen molar-refractivity contribution in [3.8, 4) is 0 Å². The molecule has 0 bridgehead atoms. The molecule has 0 saturated carbocycles. The summed E-state index contributed by atoms with van der Waals surface area (Å²) in [5, 5.41) is 3.43. The van der Waals surface area contributed by atoms with Gasteiger partial charge in [-0.25, -0.2) is 4.98 Å². The first-order valence-corrected chi connectivity index (χ1v) is 6.43. The van der Waals surface area contributed by atoms with Gasteiger partial charge in [-0.1, -0.05) is 12.1 Å². The van der Waals surface area contributed by atoms with Gasteiger partial charge in [0.25, 0.3) is 0 Å². The highest BCUT2D eigenvalue weighted by Gasteiger charge is 2.11. The van der Waals surface area contributed by atoms with Crippen molar-refractivity contribution < 1.29 is 4.42 Å². The molecule has 98 valence electrons. The standard InChI is InChI=1S/C15H17N3O/c1-11(14-8-5-9-19-14)16-10-15-17-12-6-3-4-7-13(12)18(15)2/h3-9,11,16H,10H2,1-2H3/t11-/m1/s1. The fourth-order valence-corrected chi connectivity index (χ4v) is 2.24. The van der Waals surface area contributed by atoms with E-state index in [0.29, 0.717) is 6.54 Å². The van der Waals surface area contributed by atoms with E-state index in [1.165, 1.54) is 0 Å². The van der Waals surface area contributed by atoms with Gasteiger partial charge in [-0.05, 0) is 31.2 Å². The van der Waals surface area contributed by atoms with E-state index in [1.807, 2.05) is 37.4 Å². The molecule has 0 aliphatic carbocycles. The average molecular weight is 255 g/mol. The number of aromatic nitrogens is 2. The van der Waals surface area contributed by atoms with Crippen LogP contribution in [-0.4, -0.2) is 9.55 Å². The van der Waals surface area contributed by atoms with Crippen LogP contribution in [0.15, 0.2) is 47.1 Å². The number of imidazole rings is 1. The average Bonchev–Trinajstić information content (AvgIpc) is 3.05. The smallest absolute Gasteiger partial charge is 0.123 e. The molecule has 1 aromatic carbocycles. The summed E-state index contributed by atoms with van der Waals surface area (Å²) >= 11 is 0. The second kappa shape index (κ2) is 4.90. The number of rotatable bonds is 4. The lowest BCUT2D eigenvalue weighted by Crippen LogP contribution is -2.19. The van der Waals surface area contributed by atoms with E-state index in [-0.39, 0.29) is 6.04 Å². The van der Waals surface area contributed by atoms with Crippen LogP contribution in [0.1, 0.15) is 24.6 Å². The highest BCUT2D eigenvalue weighted by molar-refractivity contribution is 5.75. The van der Waals surface area contributed by atoms with E-state index < -0.39 is 0 Å². The molecule has 0 spiro atoms. The maximum atomic E-state index is 5.38. The molecule has 3 rings (SSSR count). The van der Waals surface area contributed by atoms with Gasteiger partial charge in [0, 0.05) is 7.05 Å². The first-order valence-electron chi connectivity index (χ1n) is 6.43. The van der Waals surface area contributed by atoms with Crippen molar-refractivity contribution in [1.82, 2.24) is 14.9 Å². The minimum absolute atomic E-state index is 0.176. The fourth-order valence-electron chi connectivity index (χ4n) is 2.24. The van der Waals surface area contributed by atoms with Gasteiger partial charge in [0.2, 0.25) is 0 Å². The first kappa shape index (κ1) is 12.0. The van der Waals surface area contributed by atoms with Gasteiger partial charge >= 0.3 is 0 Å². The molecule has 2 heterocycles. The number of aryl methyl sites for hydroxylation is 1. The van der Waals surface area contributed by atoms with Crippen LogP contribution >= 0.6 is 0 Å². The summed E-state index contributed by atoms with van der Waals surface area (Å²) in [5.41, 5.74) is 2.19. The third-order valence-corrected chi connectivity index (χ3v) is 3.42. The number of furan rings is 1. The Bertz CT molecular complexity index is 670. The third-order valence-electron chi connectivity index (χ3n) is 3.42. The van der Waals surface area contributed by atoms with E-state index in [0.717, 1.165) is 22.6 Å². The predicted molar refractivity (Wildman–Crippen MR) is 74.7 cm³/mol. The lowest BCUT2D eigenvalue weighted by atomic mass is 10.2. The largest absolute Gasteiger partial charge is 0.468 e. The van der Waals surface area contributed by atoms with Crippen LogP contribution in [0.25, 0.3) is 11.0 Å². The highest BCUT2D eigenvalue weighted by atomic mass is 16.3. The van der Waals surface area contributed by atoms with E-state index in [2.05, 4.69) is 27.9 Å². The third kappa shape index (κ3) is 2.27. The summed E-state index contributed by atoms with van der Waals surface area (Å²) in [7, 11) is 2.05. The van der Waals surface area contributed by atoms with Gasteiger partial charge in [0.15, 0.2) is 0 Å². The molecule has 0 aliphatic rings. The summed E-state index contributed by atoms with van der Waals surface area (Å²) in [6.07, 6.45) is 1.70. The van der Waals surface area contributed by atoms with Crippen LogP contribution in [0.2, 0.25) is 0 Å². The van der Waals surface area contributed by atoms with Crippen molar-refractivity contribution in [2.45, 2.75) is 19.5 Å². The van der Waals surface area contributed by atoms with Crippen LogP contribution < -0.4 is 5.32 Å². The Balaban J connectivity index is 1.77. The van der Waals surface area contributed by atoms with Gasteiger partial charge in [-0.15, -0.1) is 0 Å². The van der Waals surface area contributed by atoms with E-state index >= 15 is 0 Å². The highest BCUT2D eigenvalue weighted by Crippen LogP contribution is 2.16. The number of benzene rings is 1. The van der Waals surface area contributed by atoms with Crippen molar-refractivity contribution in [1.29, 1.82) is 0 Å². The molecule has 3 aromatic rings. The Kier molecular flexibility index (Phi) is 3.09. The molecule has 1 N–H and O–H groups in total. The molecule has 0 radical (unpaired) electrons. The molecule has 0 amide bonds. The van der Waals surface area contributed by atoms with Crippen LogP contribution in [0.4, 0.5) is 0 Å². The Labute approximate surface area is 112 Å². The summed E-state index contributed by atoms with van der Waals surface area (Å²) in [5.74, 6) is 1.97. The Morgan fingerprint density at radius 3 is 2.84 bits per heavy atom. The summed E-state index contributed by atoms with van der Waals surface area (Å²) in [4.78, 5) is 4.64. The second-order valence-electron chi connectivity index (χ2n) is 4.69. The minimum atomic E-state index is 0.176.